The zero-order valence-electron chi connectivity index (χ0n) is 15.7. The summed E-state index contributed by atoms with van der Waals surface area (Å²) in [6, 6.07) is 19.5. The van der Waals surface area contributed by atoms with Crippen molar-refractivity contribution in [1.82, 2.24) is 0 Å². The molecule has 3 aromatic carbocycles. The van der Waals surface area contributed by atoms with Crippen LogP contribution in [0.4, 0.5) is 5.69 Å². The van der Waals surface area contributed by atoms with Gasteiger partial charge >= 0.3 is 0 Å². The van der Waals surface area contributed by atoms with Gasteiger partial charge in [0.25, 0.3) is 0 Å². The van der Waals surface area contributed by atoms with E-state index in [-0.39, 0.29) is 0 Å². The van der Waals surface area contributed by atoms with Crippen molar-refractivity contribution in [2.75, 3.05) is 19.5 Å². The Morgan fingerprint density at radius 1 is 0.893 bits per heavy atom. The molecule has 0 unspecified atom stereocenters. The van der Waals surface area contributed by atoms with E-state index in [2.05, 4.69) is 21.2 Å². The van der Waals surface area contributed by atoms with Crippen LogP contribution in [0.5, 0.6) is 17.2 Å². The lowest BCUT2D eigenvalue weighted by Crippen LogP contribution is -2.02. The lowest BCUT2D eigenvalue weighted by molar-refractivity contribution is 0.284. The smallest absolute Gasteiger partial charge is 0.180 e. The van der Waals surface area contributed by atoms with E-state index in [1.54, 1.807) is 14.2 Å². The normalized spacial score (nSPS) is 10.4. The summed E-state index contributed by atoms with van der Waals surface area (Å²) in [6.45, 7) is 1.02. The predicted octanol–water partition coefficient (Wildman–Crippen LogP) is 6.31. The molecule has 0 aliphatic heterocycles. The minimum atomic E-state index is 0.410. The lowest BCUT2D eigenvalue weighted by Gasteiger charge is -2.15. The highest BCUT2D eigenvalue weighted by molar-refractivity contribution is 9.10. The highest BCUT2D eigenvalue weighted by Gasteiger charge is 2.12. The Hall–Kier alpha value is -2.37. The molecule has 0 saturated heterocycles. The number of methoxy groups -OCH3 is 2. The van der Waals surface area contributed by atoms with Crippen molar-refractivity contribution < 1.29 is 14.2 Å². The van der Waals surface area contributed by atoms with Gasteiger partial charge in [-0.25, -0.2) is 0 Å². The molecule has 0 atom stereocenters. The van der Waals surface area contributed by atoms with Crippen LogP contribution in [-0.4, -0.2) is 14.2 Å². The molecule has 28 heavy (non-hydrogen) atoms. The third-order valence-corrected chi connectivity index (χ3v) is 4.98. The van der Waals surface area contributed by atoms with Gasteiger partial charge in [-0.3, -0.25) is 0 Å². The highest BCUT2D eigenvalue weighted by Crippen LogP contribution is 2.37. The van der Waals surface area contributed by atoms with E-state index in [0.717, 1.165) is 27.0 Å². The molecule has 0 spiro atoms. The molecule has 3 aromatic rings. The second-order valence-electron chi connectivity index (χ2n) is 6.11. The maximum absolute atomic E-state index is 6.47. The largest absolute Gasteiger partial charge is 0.497 e. The molecule has 0 bridgehead atoms. The molecular weight excluding hydrogens is 442 g/mol. The van der Waals surface area contributed by atoms with Crippen LogP contribution in [0.25, 0.3) is 0 Å². The fourth-order valence-corrected chi connectivity index (χ4v) is 3.22. The van der Waals surface area contributed by atoms with Gasteiger partial charge in [0.1, 0.15) is 12.4 Å². The molecular formula is C22H21BrClNO3. The van der Waals surface area contributed by atoms with E-state index >= 15 is 0 Å². The maximum atomic E-state index is 6.47. The average molecular weight is 463 g/mol. The Balaban J connectivity index is 1.68. The van der Waals surface area contributed by atoms with Crippen LogP contribution in [0.2, 0.25) is 5.02 Å². The van der Waals surface area contributed by atoms with E-state index in [4.69, 9.17) is 25.8 Å². The van der Waals surface area contributed by atoms with Gasteiger partial charge in [-0.15, -0.1) is 0 Å². The van der Waals surface area contributed by atoms with Gasteiger partial charge in [0, 0.05) is 16.7 Å². The number of hydrogen-bond acceptors (Lipinski definition) is 4. The molecule has 6 heteroatoms. The van der Waals surface area contributed by atoms with Gasteiger partial charge in [0.05, 0.1) is 19.2 Å². The van der Waals surface area contributed by atoms with Crippen molar-refractivity contribution in [3.8, 4) is 17.2 Å². The molecule has 0 amide bonds. The Bertz CT molecular complexity index is 914. The zero-order valence-corrected chi connectivity index (χ0v) is 18.0. The molecule has 0 fully saturated rings. The van der Waals surface area contributed by atoms with E-state index in [1.807, 2.05) is 60.7 Å². The van der Waals surface area contributed by atoms with E-state index in [1.165, 1.54) is 0 Å². The molecule has 4 nitrogen and oxygen atoms in total. The third-order valence-electron chi connectivity index (χ3n) is 4.17. The van der Waals surface area contributed by atoms with E-state index < -0.39 is 0 Å². The summed E-state index contributed by atoms with van der Waals surface area (Å²) in [6.07, 6.45) is 0. The first-order valence-corrected chi connectivity index (χ1v) is 9.87. The number of hydrogen-bond donors (Lipinski definition) is 1. The predicted molar refractivity (Wildman–Crippen MR) is 117 cm³/mol. The Morgan fingerprint density at radius 2 is 1.61 bits per heavy atom. The van der Waals surface area contributed by atoms with Gasteiger partial charge in [0.15, 0.2) is 11.5 Å². The second kappa shape index (κ2) is 9.71. The first-order chi connectivity index (χ1) is 13.6. The summed E-state index contributed by atoms with van der Waals surface area (Å²) in [5.41, 5.74) is 3.03. The number of halogens is 2. The van der Waals surface area contributed by atoms with Crippen LogP contribution in [0.1, 0.15) is 11.1 Å². The summed E-state index contributed by atoms with van der Waals surface area (Å²) in [5.74, 6) is 1.97. The van der Waals surface area contributed by atoms with Gasteiger partial charge in [-0.2, -0.15) is 0 Å². The van der Waals surface area contributed by atoms with Gasteiger partial charge < -0.3 is 19.5 Å². The topological polar surface area (TPSA) is 39.7 Å². The minimum Gasteiger partial charge on any atom is -0.497 e. The van der Waals surface area contributed by atoms with Crippen molar-refractivity contribution in [2.24, 2.45) is 0 Å². The molecule has 0 radical (unpaired) electrons. The second-order valence-corrected chi connectivity index (χ2v) is 7.43. The van der Waals surface area contributed by atoms with E-state index in [0.29, 0.717) is 29.7 Å². The quantitative estimate of drug-likeness (QED) is 0.426. The fourth-order valence-electron chi connectivity index (χ4n) is 2.66. The van der Waals surface area contributed by atoms with Crippen LogP contribution in [-0.2, 0) is 13.2 Å². The van der Waals surface area contributed by atoms with Gasteiger partial charge in [0.2, 0.25) is 0 Å². The number of nitrogens with one attached hydrogen (secondary N) is 1. The molecule has 0 aliphatic carbocycles. The van der Waals surface area contributed by atoms with Gasteiger partial charge in [-0.05, 0) is 59.7 Å². The minimum absolute atomic E-state index is 0.410. The van der Waals surface area contributed by atoms with Crippen molar-refractivity contribution in [2.45, 2.75) is 13.2 Å². The maximum Gasteiger partial charge on any atom is 0.180 e. The first kappa shape index (κ1) is 20.4. The third kappa shape index (κ3) is 5.33. The number of anilines is 1. The molecule has 1 N–H and O–H groups in total. The molecule has 0 aliphatic rings. The fraction of sp³-hybridized carbons (Fsp3) is 0.182. The molecule has 0 saturated carbocycles. The summed E-state index contributed by atoms with van der Waals surface area (Å²) in [7, 11) is 3.26. The zero-order chi connectivity index (χ0) is 19.9. The molecule has 0 heterocycles. The van der Waals surface area contributed by atoms with Crippen molar-refractivity contribution >= 4 is 33.2 Å². The van der Waals surface area contributed by atoms with Crippen molar-refractivity contribution in [3.63, 3.8) is 0 Å². The van der Waals surface area contributed by atoms with Crippen LogP contribution in [0.3, 0.4) is 0 Å². The Labute approximate surface area is 178 Å². The number of ether oxygens (including phenoxy) is 3. The van der Waals surface area contributed by atoms with Crippen LogP contribution in [0, 0.1) is 0 Å². The van der Waals surface area contributed by atoms with Crippen molar-refractivity contribution in [1.29, 1.82) is 0 Å². The summed E-state index contributed by atoms with van der Waals surface area (Å²) < 4.78 is 17.6. The lowest BCUT2D eigenvalue weighted by atomic mass is 10.2. The summed E-state index contributed by atoms with van der Waals surface area (Å²) in [5, 5.41) is 3.88. The average Bonchev–Trinajstić information content (AvgIpc) is 2.72. The monoisotopic (exact) mass is 461 g/mol. The summed E-state index contributed by atoms with van der Waals surface area (Å²) >= 11 is 9.90. The highest BCUT2D eigenvalue weighted by atomic mass is 79.9. The molecule has 3 rings (SSSR count). The van der Waals surface area contributed by atoms with Crippen molar-refractivity contribution in [3.05, 3.63) is 81.3 Å². The first-order valence-electron chi connectivity index (χ1n) is 8.70. The van der Waals surface area contributed by atoms with Crippen LogP contribution in [0.15, 0.2) is 65.1 Å². The van der Waals surface area contributed by atoms with Crippen LogP contribution < -0.4 is 19.5 Å². The van der Waals surface area contributed by atoms with Gasteiger partial charge in [-0.1, -0.05) is 39.7 Å². The molecule has 146 valence electrons. The summed E-state index contributed by atoms with van der Waals surface area (Å²) in [4.78, 5) is 0. The Morgan fingerprint density at radius 3 is 2.25 bits per heavy atom. The SMILES string of the molecule is COc1ccc(NCc2cc(Cl)c(OCc3ccc(Br)cc3)c(OC)c2)cc1. The Kier molecular flexibility index (Phi) is 7.06. The number of rotatable bonds is 8. The standard InChI is InChI=1S/C22H21BrClNO3/c1-26-19-9-7-18(8-10-19)25-13-16-11-20(24)22(21(12-16)27-2)28-14-15-3-5-17(23)6-4-15/h3-12,25H,13-14H2,1-2H3. The van der Waals surface area contributed by atoms with Crippen LogP contribution >= 0.6 is 27.5 Å². The number of benzene rings is 3. The van der Waals surface area contributed by atoms with E-state index in [9.17, 15) is 0 Å². The molecule has 0 aromatic heterocycles.